The molecule has 0 aliphatic rings. The normalized spacial score (nSPS) is 14.4. The maximum atomic E-state index is 4.35. The van der Waals surface area contributed by atoms with Crippen molar-refractivity contribution >= 4 is 6.08 Å². The first kappa shape index (κ1) is 15.0. The van der Waals surface area contributed by atoms with Gasteiger partial charge in [0.15, 0.2) is 0 Å². The zero-order valence-corrected chi connectivity index (χ0v) is 12.3. The second kappa shape index (κ2) is 7.40. The summed E-state index contributed by atoms with van der Waals surface area (Å²) in [5.41, 5.74) is 0.187. The van der Waals surface area contributed by atoms with Crippen LogP contribution in [0.15, 0.2) is 19.0 Å². The maximum Gasteiger partial charge on any atom is 0.132 e. The van der Waals surface area contributed by atoms with Gasteiger partial charge in [0.1, 0.15) is 5.82 Å². The molecule has 18 heavy (non-hydrogen) atoms. The summed E-state index contributed by atoms with van der Waals surface area (Å²) in [6.07, 6.45) is 14.9. The van der Waals surface area contributed by atoms with E-state index < -0.39 is 0 Å². The lowest BCUT2D eigenvalue weighted by atomic mass is 9.90. The minimum atomic E-state index is 0.187. The molecule has 0 N–H and O–H groups in total. The molecule has 0 amide bonds. The standard InChI is InChI=1S/C16H28N2/c1-5-8-9-10-11-12-16(4,7-3)18-14-13-17-15(18)6-2/h6,13-14H,2,5,7-12H2,1,3-4H3. The summed E-state index contributed by atoms with van der Waals surface area (Å²) in [7, 11) is 0. The SMILES string of the molecule is C=Cc1nccn1C(C)(CC)CCCCCCC. The van der Waals surface area contributed by atoms with Crippen LogP contribution in [-0.2, 0) is 5.54 Å². The van der Waals surface area contributed by atoms with Gasteiger partial charge >= 0.3 is 0 Å². The first-order chi connectivity index (χ1) is 8.68. The first-order valence-electron chi connectivity index (χ1n) is 7.34. The molecule has 0 aliphatic carbocycles. The molecule has 2 heteroatoms. The van der Waals surface area contributed by atoms with E-state index in [1.165, 1.54) is 38.5 Å². The Morgan fingerprint density at radius 1 is 1.28 bits per heavy atom. The molecule has 0 spiro atoms. The van der Waals surface area contributed by atoms with Gasteiger partial charge in [0.2, 0.25) is 0 Å². The minimum absolute atomic E-state index is 0.187. The first-order valence-corrected chi connectivity index (χ1v) is 7.34. The zero-order chi connectivity index (χ0) is 13.4. The lowest BCUT2D eigenvalue weighted by molar-refractivity contribution is 0.269. The molecule has 2 nitrogen and oxygen atoms in total. The van der Waals surface area contributed by atoms with E-state index in [-0.39, 0.29) is 5.54 Å². The Hall–Kier alpha value is -1.05. The predicted octanol–water partition coefficient (Wildman–Crippen LogP) is 5.01. The third-order valence-electron chi connectivity index (χ3n) is 4.01. The van der Waals surface area contributed by atoms with Crippen molar-refractivity contribution in [3.8, 4) is 0 Å². The summed E-state index contributed by atoms with van der Waals surface area (Å²) in [6.45, 7) is 10.7. The van der Waals surface area contributed by atoms with Crippen molar-refractivity contribution in [2.45, 2.75) is 71.3 Å². The summed E-state index contributed by atoms with van der Waals surface area (Å²) < 4.78 is 2.29. The van der Waals surface area contributed by atoms with Gasteiger partial charge in [0.05, 0.1) is 0 Å². The predicted molar refractivity (Wildman–Crippen MR) is 79.6 cm³/mol. The van der Waals surface area contributed by atoms with Gasteiger partial charge < -0.3 is 4.57 Å². The van der Waals surface area contributed by atoms with Crippen LogP contribution in [0, 0.1) is 0 Å². The van der Waals surface area contributed by atoms with Gasteiger partial charge in [0.25, 0.3) is 0 Å². The van der Waals surface area contributed by atoms with Crippen LogP contribution in [0.4, 0.5) is 0 Å². The molecule has 1 rings (SSSR count). The summed E-state index contributed by atoms with van der Waals surface area (Å²) in [4.78, 5) is 4.35. The quantitative estimate of drug-likeness (QED) is 0.562. The average molecular weight is 248 g/mol. The van der Waals surface area contributed by atoms with Crippen molar-refractivity contribution in [1.82, 2.24) is 9.55 Å². The van der Waals surface area contributed by atoms with Gasteiger partial charge in [-0.05, 0) is 25.8 Å². The van der Waals surface area contributed by atoms with Crippen LogP contribution < -0.4 is 0 Å². The highest BCUT2D eigenvalue weighted by Crippen LogP contribution is 2.29. The Balaban J connectivity index is 2.59. The highest BCUT2D eigenvalue weighted by molar-refractivity contribution is 5.37. The third kappa shape index (κ3) is 3.72. The highest BCUT2D eigenvalue weighted by atomic mass is 15.1. The number of unbranched alkanes of at least 4 members (excludes halogenated alkanes) is 4. The second-order valence-electron chi connectivity index (χ2n) is 5.37. The highest BCUT2D eigenvalue weighted by Gasteiger charge is 2.24. The van der Waals surface area contributed by atoms with E-state index in [2.05, 4.69) is 43.1 Å². The van der Waals surface area contributed by atoms with Crippen LogP contribution in [0.2, 0.25) is 0 Å². The van der Waals surface area contributed by atoms with Crippen molar-refractivity contribution in [2.75, 3.05) is 0 Å². The van der Waals surface area contributed by atoms with E-state index in [0.717, 1.165) is 12.2 Å². The summed E-state index contributed by atoms with van der Waals surface area (Å²) in [6, 6.07) is 0. The maximum absolute atomic E-state index is 4.35. The van der Waals surface area contributed by atoms with Gasteiger partial charge in [-0.1, -0.05) is 52.5 Å². The fourth-order valence-electron chi connectivity index (χ4n) is 2.50. The molecule has 1 unspecified atom stereocenters. The molecule has 1 aromatic rings. The van der Waals surface area contributed by atoms with Gasteiger partial charge in [0, 0.05) is 17.9 Å². The largest absolute Gasteiger partial charge is 0.326 e. The lowest BCUT2D eigenvalue weighted by Crippen LogP contribution is -2.29. The second-order valence-corrected chi connectivity index (χ2v) is 5.37. The van der Waals surface area contributed by atoms with Crippen molar-refractivity contribution < 1.29 is 0 Å². The lowest BCUT2D eigenvalue weighted by Gasteiger charge is -2.31. The van der Waals surface area contributed by atoms with E-state index >= 15 is 0 Å². The van der Waals surface area contributed by atoms with Crippen LogP contribution >= 0.6 is 0 Å². The smallest absolute Gasteiger partial charge is 0.132 e. The van der Waals surface area contributed by atoms with E-state index in [4.69, 9.17) is 0 Å². The molecule has 1 aromatic heterocycles. The molecule has 0 bridgehead atoms. The Morgan fingerprint density at radius 3 is 2.61 bits per heavy atom. The number of hydrogen-bond donors (Lipinski definition) is 0. The van der Waals surface area contributed by atoms with E-state index in [9.17, 15) is 0 Å². The molecular formula is C16H28N2. The Kier molecular flexibility index (Phi) is 6.17. The van der Waals surface area contributed by atoms with E-state index in [1.807, 2.05) is 12.3 Å². The Bertz CT molecular complexity index is 354. The van der Waals surface area contributed by atoms with Crippen molar-refractivity contribution in [3.63, 3.8) is 0 Å². The van der Waals surface area contributed by atoms with Gasteiger partial charge in [-0.2, -0.15) is 0 Å². The fraction of sp³-hybridized carbons (Fsp3) is 0.688. The Morgan fingerprint density at radius 2 is 2.00 bits per heavy atom. The summed E-state index contributed by atoms with van der Waals surface area (Å²) in [5, 5.41) is 0. The number of imidazole rings is 1. The molecule has 1 heterocycles. The molecular weight excluding hydrogens is 220 g/mol. The van der Waals surface area contributed by atoms with Crippen molar-refractivity contribution in [3.05, 3.63) is 24.8 Å². The van der Waals surface area contributed by atoms with Gasteiger partial charge in [-0.3, -0.25) is 0 Å². The van der Waals surface area contributed by atoms with Crippen molar-refractivity contribution in [2.24, 2.45) is 0 Å². The van der Waals surface area contributed by atoms with Gasteiger partial charge in [-0.15, -0.1) is 0 Å². The molecule has 1 atom stereocenters. The molecule has 0 radical (unpaired) electrons. The number of nitrogens with zero attached hydrogens (tertiary/aromatic N) is 2. The van der Waals surface area contributed by atoms with Crippen LogP contribution in [0.5, 0.6) is 0 Å². The Labute approximate surface area is 112 Å². The third-order valence-corrected chi connectivity index (χ3v) is 4.01. The molecule has 0 aromatic carbocycles. The molecule has 0 saturated carbocycles. The average Bonchev–Trinajstić information content (AvgIpc) is 2.87. The molecule has 0 saturated heterocycles. The summed E-state index contributed by atoms with van der Waals surface area (Å²) in [5.74, 6) is 0.993. The van der Waals surface area contributed by atoms with Gasteiger partial charge in [-0.25, -0.2) is 4.98 Å². The number of aromatic nitrogens is 2. The molecule has 0 aliphatic heterocycles. The topological polar surface area (TPSA) is 17.8 Å². The van der Waals surface area contributed by atoms with Crippen LogP contribution in [0.25, 0.3) is 6.08 Å². The monoisotopic (exact) mass is 248 g/mol. The van der Waals surface area contributed by atoms with Crippen molar-refractivity contribution in [1.29, 1.82) is 0 Å². The van der Waals surface area contributed by atoms with Crippen LogP contribution in [0.3, 0.4) is 0 Å². The van der Waals surface area contributed by atoms with Crippen LogP contribution in [0.1, 0.15) is 71.5 Å². The van der Waals surface area contributed by atoms with E-state index in [1.54, 1.807) is 0 Å². The minimum Gasteiger partial charge on any atom is -0.326 e. The number of rotatable bonds is 9. The molecule has 0 fully saturated rings. The fourth-order valence-corrected chi connectivity index (χ4v) is 2.50. The summed E-state index contributed by atoms with van der Waals surface area (Å²) >= 11 is 0. The van der Waals surface area contributed by atoms with E-state index in [0.29, 0.717) is 0 Å². The molecule has 102 valence electrons. The zero-order valence-electron chi connectivity index (χ0n) is 12.3. The number of hydrogen-bond acceptors (Lipinski definition) is 1. The van der Waals surface area contributed by atoms with Crippen LogP contribution in [-0.4, -0.2) is 9.55 Å².